The topological polar surface area (TPSA) is 71.2 Å². The van der Waals surface area contributed by atoms with Gasteiger partial charge in [-0.2, -0.15) is 26.3 Å². The molecule has 0 aliphatic heterocycles. The summed E-state index contributed by atoms with van der Waals surface area (Å²) in [7, 11) is 1.28. The third-order valence-electron chi connectivity index (χ3n) is 5.72. The van der Waals surface area contributed by atoms with Crippen LogP contribution in [0.3, 0.4) is 0 Å². The molecule has 0 spiro atoms. The Labute approximate surface area is 207 Å². The molecule has 1 amide bonds. The zero-order chi connectivity index (χ0) is 27.0. The zero-order valence-electron chi connectivity index (χ0n) is 19.3. The van der Waals surface area contributed by atoms with Gasteiger partial charge < -0.3 is 10.3 Å². The standard InChI is InChI=1S/C26H20F6N4O/c1-36(14-15-11-17(25(27,28)29)13-18(12-15)26(30,31)32)24(37)22-21(16-7-3-2-4-8-16)19-9-5-6-10-20(19)34-23(22)35-33/h2-13H,14,33H2,1H3,(H,34,35). The van der Waals surface area contributed by atoms with Crippen molar-refractivity contribution in [2.45, 2.75) is 18.9 Å². The number of hydrazine groups is 1. The first-order valence-corrected chi connectivity index (χ1v) is 10.9. The maximum atomic E-state index is 13.7. The van der Waals surface area contributed by atoms with Gasteiger partial charge in [0, 0.05) is 24.5 Å². The summed E-state index contributed by atoms with van der Waals surface area (Å²) in [6.07, 6.45) is -10.0. The number of nitrogen functional groups attached to an aromatic ring is 1. The Kier molecular flexibility index (Phi) is 6.83. The Bertz CT molecular complexity index is 1420. The predicted molar refractivity (Wildman–Crippen MR) is 127 cm³/mol. The predicted octanol–water partition coefficient (Wildman–Crippen LogP) is 6.50. The SMILES string of the molecule is CN(Cc1cc(C(F)(F)F)cc(C(F)(F)F)c1)C(=O)c1c(NN)nc2ccccc2c1-c1ccccc1. The van der Waals surface area contributed by atoms with Gasteiger partial charge in [0.15, 0.2) is 5.82 Å². The number of hydrogen-bond donors (Lipinski definition) is 2. The smallest absolute Gasteiger partial charge is 0.337 e. The molecular weight excluding hydrogens is 498 g/mol. The number of nitrogens with zero attached hydrogens (tertiary/aromatic N) is 2. The molecule has 0 aliphatic carbocycles. The van der Waals surface area contributed by atoms with Gasteiger partial charge in [-0.3, -0.25) is 4.79 Å². The lowest BCUT2D eigenvalue weighted by Gasteiger charge is -2.23. The summed E-state index contributed by atoms with van der Waals surface area (Å²) in [5, 5.41) is 0.614. The summed E-state index contributed by atoms with van der Waals surface area (Å²) in [5.74, 6) is 4.99. The molecule has 5 nitrogen and oxygen atoms in total. The maximum Gasteiger partial charge on any atom is 0.416 e. The molecule has 0 fully saturated rings. The quantitative estimate of drug-likeness (QED) is 0.180. The number of carbonyl (C=O) groups is 1. The molecule has 37 heavy (non-hydrogen) atoms. The van der Waals surface area contributed by atoms with Gasteiger partial charge in [0.25, 0.3) is 5.91 Å². The number of pyridine rings is 1. The summed E-state index contributed by atoms with van der Waals surface area (Å²) in [4.78, 5) is 19.1. The fourth-order valence-corrected chi connectivity index (χ4v) is 4.08. The van der Waals surface area contributed by atoms with E-state index in [0.717, 1.165) is 4.90 Å². The second-order valence-electron chi connectivity index (χ2n) is 8.31. The van der Waals surface area contributed by atoms with Crippen LogP contribution in [0.5, 0.6) is 0 Å². The van der Waals surface area contributed by atoms with Crippen LogP contribution in [-0.2, 0) is 18.9 Å². The molecule has 4 aromatic rings. The van der Waals surface area contributed by atoms with E-state index in [1.54, 1.807) is 54.6 Å². The van der Waals surface area contributed by atoms with Gasteiger partial charge in [0.05, 0.1) is 22.2 Å². The molecule has 4 rings (SSSR count). The number of nitrogens with one attached hydrogen (secondary N) is 1. The zero-order valence-corrected chi connectivity index (χ0v) is 19.3. The fourth-order valence-electron chi connectivity index (χ4n) is 4.08. The summed E-state index contributed by atoms with van der Waals surface area (Å²) in [6, 6.07) is 17.1. The molecule has 11 heteroatoms. The van der Waals surface area contributed by atoms with E-state index in [1.807, 2.05) is 0 Å². The Balaban J connectivity index is 1.83. The second-order valence-corrected chi connectivity index (χ2v) is 8.31. The first kappa shape index (κ1) is 26.0. The van der Waals surface area contributed by atoms with Gasteiger partial charge in [-0.25, -0.2) is 10.8 Å². The average molecular weight is 518 g/mol. The number of nitrogens with two attached hydrogens (primary N) is 1. The van der Waals surface area contributed by atoms with Crippen molar-refractivity contribution in [1.29, 1.82) is 0 Å². The normalized spacial score (nSPS) is 12.0. The molecule has 0 unspecified atom stereocenters. The number of anilines is 1. The highest BCUT2D eigenvalue weighted by Gasteiger charge is 2.37. The molecule has 1 aromatic heterocycles. The highest BCUT2D eigenvalue weighted by Crippen LogP contribution is 2.38. The van der Waals surface area contributed by atoms with E-state index in [1.165, 1.54) is 7.05 Å². The molecule has 3 N–H and O–H groups in total. The van der Waals surface area contributed by atoms with E-state index in [-0.39, 0.29) is 23.0 Å². The van der Waals surface area contributed by atoms with Crippen molar-refractivity contribution in [3.8, 4) is 11.1 Å². The van der Waals surface area contributed by atoms with Gasteiger partial charge in [-0.05, 0) is 35.4 Å². The lowest BCUT2D eigenvalue weighted by molar-refractivity contribution is -0.143. The number of benzene rings is 3. The van der Waals surface area contributed by atoms with Crippen molar-refractivity contribution < 1.29 is 31.1 Å². The van der Waals surface area contributed by atoms with Crippen molar-refractivity contribution in [1.82, 2.24) is 9.88 Å². The molecule has 192 valence electrons. The van der Waals surface area contributed by atoms with Crippen molar-refractivity contribution in [2.24, 2.45) is 5.84 Å². The van der Waals surface area contributed by atoms with Crippen molar-refractivity contribution in [3.05, 3.63) is 95.1 Å². The number of rotatable bonds is 5. The number of halogens is 6. The molecule has 0 saturated carbocycles. The van der Waals surface area contributed by atoms with Gasteiger partial charge in [0.2, 0.25) is 0 Å². The molecular formula is C26H20F6N4O. The Hall–Kier alpha value is -4.12. The molecule has 0 atom stereocenters. The summed E-state index contributed by atoms with van der Waals surface area (Å²) in [6.45, 7) is -0.531. The van der Waals surface area contributed by atoms with Crippen LogP contribution in [0, 0.1) is 0 Å². The van der Waals surface area contributed by atoms with E-state index >= 15 is 0 Å². The molecule has 0 saturated heterocycles. The van der Waals surface area contributed by atoms with Crippen LogP contribution in [0.2, 0.25) is 0 Å². The van der Waals surface area contributed by atoms with Crippen molar-refractivity contribution in [2.75, 3.05) is 12.5 Å². The summed E-state index contributed by atoms with van der Waals surface area (Å²) >= 11 is 0. The van der Waals surface area contributed by atoms with Crippen molar-refractivity contribution >= 4 is 22.6 Å². The monoisotopic (exact) mass is 518 g/mol. The lowest BCUT2D eigenvalue weighted by Crippen LogP contribution is -2.29. The number of fused-ring (bicyclic) bond motifs is 1. The Morgan fingerprint density at radius 2 is 1.46 bits per heavy atom. The number of para-hydroxylation sites is 1. The molecule has 0 radical (unpaired) electrons. The van der Waals surface area contributed by atoms with Crippen LogP contribution >= 0.6 is 0 Å². The number of hydrogen-bond acceptors (Lipinski definition) is 4. The van der Waals surface area contributed by atoms with Crippen LogP contribution < -0.4 is 11.3 Å². The van der Waals surface area contributed by atoms with E-state index in [4.69, 9.17) is 5.84 Å². The number of aromatic nitrogens is 1. The highest BCUT2D eigenvalue weighted by molar-refractivity contribution is 6.12. The van der Waals surface area contributed by atoms with Crippen LogP contribution in [0.1, 0.15) is 27.0 Å². The van der Waals surface area contributed by atoms with E-state index in [0.29, 0.717) is 34.2 Å². The maximum absolute atomic E-state index is 13.7. The second kappa shape index (κ2) is 9.74. The molecule has 0 aliphatic rings. The van der Waals surface area contributed by atoms with Gasteiger partial charge in [0.1, 0.15) is 0 Å². The minimum absolute atomic E-state index is 0.00873. The van der Waals surface area contributed by atoms with E-state index in [2.05, 4.69) is 10.4 Å². The van der Waals surface area contributed by atoms with Crippen molar-refractivity contribution in [3.63, 3.8) is 0 Å². The number of amides is 1. The lowest BCUT2D eigenvalue weighted by atomic mass is 9.94. The van der Waals surface area contributed by atoms with E-state index in [9.17, 15) is 31.1 Å². The van der Waals surface area contributed by atoms with Gasteiger partial charge >= 0.3 is 12.4 Å². The largest absolute Gasteiger partial charge is 0.416 e. The number of carbonyl (C=O) groups excluding carboxylic acids is 1. The Morgan fingerprint density at radius 1 is 0.892 bits per heavy atom. The first-order valence-electron chi connectivity index (χ1n) is 10.9. The molecule has 3 aromatic carbocycles. The number of alkyl halides is 6. The fraction of sp³-hybridized carbons (Fsp3) is 0.154. The third-order valence-corrected chi connectivity index (χ3v) is 5.72. The average Bonchev–Trinajstić information content (AvgIpc) is 2.86. The highest BCUT2D eigenvalue weighted by atomic mass is 19.4. The van der Waals surface area contributed by atoms with Crippen LogP contribution in [0.15, 0.2) is 72.8 Å². The molecule has 1 heterocycles. The summed E-state index contributed by atoms with van der Waals surface area (Å²) < 4.78 is 79.8. The van der Waals surface area contributed by atoms with Gasteiger partial charge in [-0.1, -0.05) is 48.5 Å². The first-order chi connectivity index (χ1) is 17.4. The minimum atomic E-state index is -5.00. The van der Waals surface area contributed by atoms with Crippen LogP contribution in [0.4, 0.5) is 32.2 Å². The van der Waals surface area contributed by atoms with Gasteiger partial charge in [-0.15, -0.1) is 0 Å². The third kappa shape index (κ3) is 5.36. The van der Waals surface area contributed by atoms with Crippen LogP contribution in [-0.4, -0.2) is 22.8 Å². The summed E-state index contributed by atoms with van der Waals surface area (Å²) in [5.41, 5.74) is 0.814. The molecule has 0 bridgehead atoms. The Morgan fingerprint density at radius 3 is 2.03 bits per heavy atom. The minimum Gasteiger partial charge on any atom is -0.337 e. The van der Waals surface area contributed by atoms with E-state index < -0.39 is 35.9 Å². The van der Waals surface area contributed by atoms with Crippen LogP contribution in [0.25, 0.3) is 22.0 Å².